The quantitative estimate of drug-likeness (QED) is 0.423. The van der Waals surface area contributed by atoms with Crippen LogP contribution < -0.4 is 11.0 Å². The van der Waals surface area contributed by atoms with Crippen LogP contribution in [0.3, 0.4) is 0 Å². The summed E-state index contributed by atoms with van der Waals surface area (Å²) >= 11 is 0. The fourth-order valence-electron chi connectivity index (χ4n) is 0.595. The predicted molar refractivity (Wildman–Crippen MR) is 30.8 cm³/mol. The first-order valence-electron chi connectivity index (χ1n) is 2.74. The van der Waals surface area contributed by atoms with Crippen molar-refractivity contribution in [3.8, 4) is 0 Å². The largest absolute Gasteiger partial charge is 0.342 e. The van der Waals surface area contributed by atoms with E-state index in [0.717, 1.165) is 0 Å². The lowest BCUT2D eigenvalue weighted by atomic mass is 10.6. The Kier molecular flexibility index (Phi) is 1.64. The highest BCUT2D eigenvalue weighted by Crippen LogP contribution is 1.71. The molecule has 9 heavy (non-hydrogen) atoms. The number of hydrogen-bond acceptors (Lipinski definition) is 2. The van der Waals surface area contributed by atoms with Crippen molar-refractivity contribution in [3.63, 3.8) is 0 Å². The van der Waals surface area contributed by atoms with Gasteiger partial charge in [0.15, 0.2) is 5.82 Å². The van der Waals surface area contributed by atoms with Crippen molar-refractivity contribution in [2.45, 2.75) is 6.54 Å². The van der Waals surface area contributed by atoms with Gasteiger partial charge in [-0.15, -0.1) is 0 Å². The summed E-state index contributed by atoms with van der Waals surface area (Å²) in [6.07, 6.45) is 0. The fraction of sp³-hybridized carbons (Fsp3) is 0.500. The van der Waals surface area contributed by atoms with Crippen molar-refractivity contribution < 1.29 is 5.32 Å². The molecule has 0 radical (unpaired) electrons. The van der Waals surface area contributed by atoms with Gasteiger partial charge in [0.2, 0.25) is 0 Å². The Balaban J connectivity index is 2.73. The van der Waals surface area contributed by atoms with Crippen molar-refractivity contribution in [2.75, 3.05) is 7.05 Å². The van der Waals surface area contributed by atoms with E-state index in [1.807, 2.05) is 12.4 Å². The summed E-state index contributed by atoms with van der Waals surface area (Å²) in [6, 6.07) is 0. The fourth-order valence-corrected chi connectivity index (χ4v) is 0.595. The van der Waals surface area contributed by atoms with Crippen molar-refractivity contribution >= 4 is 0 Å². The van der Waals surface area contributed by atoms with Gasteiger partial charge in [-0.2, -0.15) is 5.10 Å². The van der Waals surface area contributed by atoms with Crippen LogP contribution in [0.1, 0.15) is 5.82 Å². The number of quaternary nitrogens is 1. The molecular weight excluding hydrogens is 120 g/mol. The number of nitrogens with one attached hydrogen (secondary N) is 2. The van der Waals surface area contributed by atoms with Gasteiger partial charge < -0.3 is 5.32 Å². The first-order valence-corrected chi connectivity index (χ1v) is 2.74. The monoisotopic (exact) mass is 129 g/mol. The normalized spacial score (nSPS) is 9.89. The Bertz CT molecular complexity index is 224. The highest BCUT2D eigenvalue weighted by Gasteiger charge is 1.95. The summed E-state index contributed by atoms with van der Waals surface area (Å²) in [5.74, 6) is 0.683. The standard InChI is InChI=1S/C4H8N4O/c1-5-2-3-6-4(9)8-7-3/h5H,2H2,1H3,(H2,6,7,8,9)/p+1. The van der Waals surface area contributed by atoms with Crippen molar-refractivity contribution in [3.05, 3.63) is 16.3 Å². The molecule has 5 heteroatoms. The second-order valence-corrected chi connectivity index (χ2v) is 1.74. The molecule has 5 nitrogen and oxygen atoms in total. The summed E-state index contributed by atoms with van der Waals surface area (Å²) in [4.78, 5) is 12.9. The van der Waals surface area contributed by atoms with E-state index in [-0.39, 0.29) is 5.69 Å². The Hall–Kier alpha value is -1.10. The van der Waals surface area contributed by atoms with E-state index in [1.165, 1.54) is 0 Å². The van der Waals surface area contributed by atoms with Gasteiger partial charge >= 0.3 is 5.69 Å². The third-order valence-electron chi connectivity index (χ3n) is 0.948. The summed E-state index contributed by atoms with van der Waals surface area (Å²) in [6.45, 7) is 0.707. The number of nitrogens with zero attached hydrogens (tertiary/aromatic N) is 1. The predicted octanol–water partition coefficient (Wildman–Crippen LogP) is -2.21. The molecule has 1 aromatic heterocycles. The first-order chi connectivity index (χ1) is 4.33. The smallest absolute Gasteiger partial charge is 0.340 e. The summed E-state index contributed by atoms with van der Waals surface area (Å²) in [7, 11) is 1.91. The lowest BCUT2D eigenvalue weighted by Gasteiger charge is -1.84. The summed E-state index contributed by atoms with van der Waals surface area (Å²) < 4.78 is 0. The van der Waals surface area contributed by atoms with Crippen LogP contribution in [-0.4, -0.2) is 22.2 Å². The highest BCUT2D eigenvalue weighted by atomic mass is 16.1. The van der Waals surface area contributed by atoms with E-state index in [4.69, 9.17) is 0 Å². The van der Waals surface area contributed by atoms with Gasteiger partial charge in [0.1, 0.15) is 6.54 Å². The summed E-state index contributed by atoms with van der Waals surface area (Å²) in [5, 5.41) is 7.88. The molecule has 0 amide bonds. The topological polar surface area (TPSA) is 78.2 Å². The van der Waals surface area contributed by atoms with Crippen LogP contribution in [-0.2, 0) is 6.54 Å². The van der Waals surface area contributed by atoms with E-state index in [9.17, 15) is 4.79 Å². The van der Waals surface area contributed by atoms with Crippen LogP contribution in [0.2, 0.25) is 0 Å². The van der Waals surface area contributed by atoms with Crippen LogP contribution in [0.4, 0.5) is 0 Å². The van der Waals surface area contributed by atoms with Crippen molar-refractivity contribution in [1.29, 1.82) is 0 Å². The number of nitrogens with two attached hydrogens (primary N) is 1. The molecule has 0 aromatic carbocycles. The van der Waals surface area contributed by atoms with Gasteiger partial charge in [-0.3, -0.25) is 4.98 Å². The maximum Gasteiger partial charge on any atom is 0.340 e. The minimum absolute atomic E-state index is 0.244. The average molecular weight is 129 g/mol. The molecule has 1 rings (SSSR count). The average Bonchev–Trinajstić information content (AvgIpc) is 2.17. The number of H-pyrrole nitrogens is 2. The second-order valence-electron chi connectivity index (χ2n) is 1.74. The minimum atomic E-state index is -0.244. The zero-order valence-electron chi connectivity index (χ0n) is 5.14. The maximum absolute atomic E-state index is 10.4. The van der Waals surface area contributed by atoms with Crippen LogP contribution in [0.15, 0.2) is 4.79 Å². The lowest BCUT2D eigenvalue weighted by molar-refractivity contribution is -0.644. The van der Waals surface area contributed by atoms with Gasteiger partial charge in [0.05, 0.1) is 7.05 Å². The summed E-state index contributed by atoms with van der Waals surface area (Å²) in [5.41, 5.74) is -0.244. The molecule has 4 N–H and O–H groups in total. The molecule has 0 spiro atoms. The molecule has 0 atom stereocenters. The molecule has 0 unspecified atom stereocenters. The molecule has 1 aromatic rings. The lowest BCUT2D eigenvalue weighted by Crippen LogP contribution is -2.77. The molecule has 0 fully saturated rings. The second kappa shape index (κ2) is 2.45. The zero-order valence-corrected chi connectivity index (χ0v) is 5.14. The van der Waals surface area contributed by atoms with E-state index >= 15 is 0 Å². The molecule has 0 aliphatic carbocycles. The van der Waals surface area contributed by atoms with Crippen LogP contribution in [0.25, 0.3) is 0 Å². The van der Waals surface area contributed by atoms with Crippen LogP contribution in [0.5, 0.6) is 0 Å². The molecule has 0 saturated heterocycles. The van der Waals surface area contributed by atoms with Crippen molar-refractivity contribution in [2.24, 2.45) is 0 Å². The maximum atomic E-state index is 10.4. The van der Waals surface area contributed by atoms with Gasteiger partial charge in [0.25, 0.3) is 0 Å². The highest BCUT2D eigenvalue weighted by molar-refractivity contribution is 4.74. The molecule has 1 heterocycles. The van der Waals surface area contributed by atoms with Crippen molar-refractivity contribution in [1.82, 2.24) is 15.2 Å². The molecule has 0 bridgehead atoms. The SMILES string of the molecule is C[NH2+]Cc1n[nH]c(=O)[nH]1. The first kappa shape index (κ1) is 6.03. The zero-order chi connectivity index (χ0) is 6.69. The minimum Gasteiger partial charge on any atom is -0.342 e. The number of rotatable bonds is 2. The van der Waals surface area contributed by atoms with E-state index in [2.05, 4.69) is 15.2 Å². The Morgan fingerprint density at radius 2 is 2.56 bits per heavy atom. The number of aromatic amines is 2. The molecule has 50 valence electrons. The molecule has 0 aliphatic heterocycles. The Labute approximate surface area is 51.5 Å². The third-order valence-corrected chi connectivity index (χ3v) is 0.948. The van der Waals surface area contributed by atoms with Gasteiger partial charge in [0, 0.05) is 0 Å². The molecule has 0 aliphatic rings. The third kappa shape index (κ3) is 1.39. The van der Waals surface area contributed by atoms with Crippen LogP contribution in [0, 0.1) is 0 Å². The number of aromatic nitrogens is 3. The van der Waals surface area contributed by atoms with Crippen LogP contribution >= 0.6 is 0 Å². The van der Waals surface area contributed by atoms with E-state index < -0.39 is 0 Å². The molecular formula is C4H9N4O+. The number of hydrogen-bond donors (Lipinski definition) is 3. The molecule has 0 saturated carbocycles. The Morgan fingerprint density at radius 1 is 1.78 bits per heavy atom. The Morgan fingerprint density at radius 3 is 3.00 bits per heavy atom. The van der Waals surface area contributed by atoms with Gasteiger partial charge in [-0.1, -0.05) is 0 Å². The van der Waals surface area contributed by atoms with E-state index in [0.29, 0.717) is 12.4 Å². The van der Waals surface area contributed by atoms with Gasteiger partial charge in [-0.25, -0.2) is 9.89 Å². The van der Waals surface area contributed by atoms with Gasteiger partial charge in [-0.05, 0) is 0 Å². The van der Waals surface area contributed by atoms with E-state index in [1.54, 1.807) is 0 Å².